The highest BCUT2D eigenvalue weighted by atomic mass is 79.9. The minimum Gasteiger partial charge on any atom is -0.480 e. The third kappa shape index (κ3) is 2.45. The highest BCUT2D eigenvalue weighted by Crippen LogP contribution is 2.26. The van der Waals surface area contributed by atoms with E-state index in [-0.39, 0.29) is 5.92 Å². The maximum absolute atomic E-state index is 10.8. The first kappa shape index (κ1) is 11.0. The van der Waals surface area contributed by atoms with Crippen LogP contribution in [-0.2, 0) is 4.79 Å². The van der Waals surface area contributed by atoms with Crippen molar-refractivity contribution in [3.8, 4) is 0 Å². The summed E-state index contributed by atoms with van der Waals surface area (Å²) >= 11 is 3.13. The molecule has 3 heteroatoms. The van der Waals surface area contributed by atoms with Crippen LogP contribution in [0.15, 0.2) is 43.0 Å². The Bertz CT molecular complexity index is 321. The van der Waals surface area contributed by atoms with Crippen LogP contribution in [-0.4, -0.2) is 15.9 Å². The SMILES string of the molecule is C=C[C@H](c1ccccc1)[C@H](Br)C(=O)O. The van der Waals surface area contributed by atoms with Crippen LogP contribution in [0.2, 0.25) is 0 Å². The van der Waals surface area contributed by atoms with E-state index >= 15 is 0 Å². The fourth-order valence-electron chi connectivity index (χ4n) is 1.25. The molecule has 2 atom stereocenters. The number of hydrogen-bond donors (Lipinski definition) is 1. The lowest BCUT2D eigenvalue weighted by Crippen LogP contribution is -2.20. The first-order chi connectivity index (χ1) is 6.66. The number of rotatable bonds is 4. The topological polar surface area (TPSA) is 37.3 Å². The number of halogens is 1. The van der Waals surface area contributed by atoms with E-state index in [1.54, 1.807) is 6.08 Å². The normalized spacial score (nSPS) is 14.4. The van der Waals surface area contributed by atoms with E-state index in [0.29, 0.717) is 0 Å². The molecule has 0 spiro atoms. The van der Waals surface area contributed by atoms with Gasteiger partial charge in [-0.15, -0.1) is 6.58 Å². The molecule has 0 saturated heterocycles. The lowest BCUT2D eigenvalue weighted by Gasteiger charge is -2.15. The third-order valence-corrected chi connectivity index (χ3v) is 2.95. The van der Waals surface area contributed by atoms with Gasteiger partial charge in [-0.25, -0.2) is 0 Å². The van der Waals surface area contributed by atoms with Crippen LogP contribution in [0.1, 0.15) is 11.5 Å². The molecule has 0 aliphatic heterocycles. The molecule has 1 rings (SSSR count). The maximum Gasteiger partial charge on any atom is 0.318 e. The summed E-state index contributed by atoms with van der Waals surface area (Å²) in [5, 5.41) is 8.85. The van der Waals surface area contributed by atoms with Gasteiger partial charge in [0, 0.05) is 5.92 Å². The van der Waals surface area contributed by atoms with Crippen LogP contribution < -0.4 is 0 Å². The van der Waals surface area contributed by atoms with Crippen molar-refractivity contribution >= 4 is 21.9 Å². The molecule has 0 saturated carbocycles. The van der Waals surface area contributed by atoms with E-state index in [4.69, 9.17) is 5.11 Å². The smallest absolute Gasteiger partial charge is 0.318 e. The van der Waals surface area contributed by atoms with Crippen molar-refractivity contribution in [1.82, 2.24) is 0 Å². The number of benzene rings is 1. The van der Waals surface area contributed by atoms with Gasteiger partial charge in [0.05, 0.1) is 0 Å². The number of allylic oxidation sites excluding steroid dienone is 1. The predicted molar refractivity (Wildman–Crippen MR) is 59.7 cm³/mol. The van der Waals surface area contributed by atoms with Crippen molar-refractivity contribution in [2.75, 3.05) is 0 Å². The second-order valence-electron chi connectivity index (χ2n) is 2.91. The fourth-order valence-corrected chi connectivity index (χ4v) is 1.77. The molecule has 2 nitrogen and oxygen atoms in total. The van der Waals surface area contributed by atoms with E-state index in [2.05, 4.69) is 22.5 Å². The van der Waals surface area contributed by atoms with E-state index in [9.17, 15) is 4.79 Å². The molecule has 0 radical (unpaired) electrons. The second kappa shape index (κ2) is 4.96. The van der Waals surface area contributed by atoms with Crippen LogP contribution in [0.5, 0.6) is 0 Å². The molecule has 0 bridgehead atoms. The molecule has 1 aromatic carbocycles. The predicted octanol–water partition coefficient (Wildman–Crippen LogP) is 2.80. The molecule has 0 fully saturated rings. The first-order valence-electron chi connectivity index (χ1n) is 4.21. The van der Waals surface area contributed by atoms with Crippen molar-refractivity contribution in [2.24, 2.45) is 0 Å². The summed E-state index contributed by atoms with van der Waals surface area (Å²) in [5.41, 5.74) is 0.951. The number of carboxylic acid groups (broad SMARTS) is 1. The van der Waals surface area contributed by atoms with E-state index in [1.807, 2.05) is 30.3 Å². The molecule has 1 aromatic rings. The third-order valence-electron chi connectivity index (χ3n) is 1.99. The number of aliphatic carboxylic acids is 1. The zero-order chi connectivity index (χ0) is 10.6. The zero-order valence-corrected chi connectivity index (χ0v) is 9.15. The van der Waals surface area contributed by atoms with Crippen molar-refractivity contribution < 1.29 is 9.90 Å². The van der Waals surface area contributed by atoms with Crippen LogP contribution in [0.25, 0.3) is 0 Å². The highest BCUT2D eigenvalue weighted by molar-refractivity contribution is 9.10. The van der Waals surface area contributed by atoms with Crippen molar-refractivity contribution in [2.45, 2.75) is 10.7 Å². The monoisotopic (exact) mass is 254 g/mol. The van der Waals surface area contributed by atoms with E-state index < -0.39 is 10.8 Å². The van der Waals surface area contributed by atoms with Gasteiger partial charge in [0.1, 0.15) is 4.83 Å². The Morgan fingerprint density at radius 3 is 2.43 bits per heavy atom. The largest absolute Gasteiger partial charge is 0.480 e. The van der Waals surface area contributed by atoms with Crippen molar-refractivity contribution in [3.63, 3.8) is 0 Å². The summed E-state index contributed by atoms with van der Waals surface area (Å²) in [6, 6.07) is 9.45. The van der Waals surface area contributed by atoms with Gasteiger partial charge < -0.3 is 5.11 Å². The Morgan fingerprint density at radius 2 is 2.00 bits per heavy atom. The maximum atomic E-state index is 10.8. The Morgan fingerprint density at radius 1 is 1.43 bits per heavy atom. The average molecular weight is 255 g/mol. The summed E-state index contributed by atoms with van der Waals surface area (Å²) < 4.78 is 0. The Kier molecular flexibility index (Phi) is 3.89. The molecule has 0 heterocycles. The average Bonchev–Trinajstić information content (AvgIpc) is 2.20. The van der Waals surface area contributed by atoms with E-state index in [1.165, 1.54) is 0 Å². The second-order valence-corrected chi connectivity index (χ2v) is 3.90. The Hall–Kier alpha value is -1.09. The van der Waals surface area contributed by atoms with Gasteiger partial charge in [0.25, 0.3) is 0 Å². The molecule has 0 aliphatic carbocycles. The van der Waals surface area contributed by atoms with E-state index in [0.717, 1.165) is 5.56 Å². The lowest BCUT2D eigenvalue weighted by atomic mass is 9.96. The van der Waals surface area contributed by atoms with Crippen molar-refractivity contribution in [1.29, 1.82) is 0 Å². The van der Waals surface area contributed by atoms with Crippen LogP contribution in [0.4, 0.5) is 0 Å². The quantitative estimate of drug-likeness (QED) is 0.663. The molecule has 0 aromatic heterocycles. The molecule has 0 amide bonds. The molecular weight excluding hydrogens is 244 g/mol. The van der Waals surface area contributed by atoms with Crippen LogP contribution in [0, 0.1) is 0 Å². The molecule has 0 aliphatic rings. The minimum atomic E-state index is -0.876. The summed E-state index contributed by atoms with van der Waals surface area (Å²) in [5.74, 6) is -1.08. The van der Waals surface area contributed by atoms with Gasteiger partial charge in [-0.05, 0) is 5.56 Å². The van der Waals surface area contributed by atoms with Crippen LogP contribution >= 0.6 is 15.9 Å². The minimum absolute atomic E-state index is 0.200. The number of hydrogen-bond acceptors (Lipinski definition) is 1. The van der Waals surface area contributed by atoms with Gasteiger partial charge in [-0.1, -0.05) is 52.3 Å². The fraction of sp³-hybridized carbons (Fsp3) is 0.182. The molecule has 14 heavy (non-hydrogen) atoms. The van der Waals surface area contributed by atoms with Gasteiger partial charge in [0.15, 0.2) is 0 Å². The summed E-state index contributed by atoms with van der Waals surface area (Å²) in [6.07, 6.45) is 1.64. The molecular formula is C11H11BrO2. The van der Waals surface area contributed by atoms with Gasteiger partial charge in [-0.3, -0.25) is 4.79 Å². The summed E-state index contributed by atoms with van der Waals surface area (Å²) in [6.45, 7) is 3.65. The lowest BCUT2D eigenvalue weighted by molar-refractivity contribution is -0.136. The Balaban J connectivity index is 2.93. The summed E-state index contributed by atoms with van der Waals surface area (Å²) in [4.78, 5) is 10.2. The molecule has 0 unspecified atom stereocenters. The Labute approximate surface area is 91.4 Å². The molecule has 74 valence electrons. The zero-order valence-electron chi connectivity index (χ0n) is 7.56. The van der Waals surface area contributed by atoms with Crippen LogP contribution in [0.3, 0.4) is 0 Å². The molecule has 1 N–H and O–H groups in total. The summed E-state index contributed by atoms with van der Waals surface area (Å²) in [7, 11) is 0. The van der Waals surface area contributed by atoms with Gasteiger partial charge in [-0.2, -0.15) is 0 Å². The number of carbonyl (C=O) groups is 1. The van der Waals surface area contributed by atoms with Gasteiger partial charge >= 0.3 is 5.97 Å². The van der Waals surface area contributed by atoms with Crippen molar-refractivity contribution in [3.05, 3.63) is 48.6 Å². The number of alkyl halides is 1. The highest BCUT2D eigenvalue weighted by Gasteiger charge is 2.23. The van der Waals surface area contributed by atoms with Gasteiger partial charge in [0.2, 0.25) is 0 Å². The standard InChI is InChI=1S/C11H11BrO2/c1-2-9(10(12)11(13)14)8-6-4-3-5-7-8/h2-7,9-10H,1H2,(H,13,14)/t9-,10+/m1/s1. The first-order valence-corrected chi connectivity index (χ1v) is 5.12. The number of carboxylic acids is 1.